The molecule has 1 aliphatic carbocycles. The third kappa shape index (κ3) is 3.13. The molecule has 1 aliphatic rings. The van der Waals surface area contributed by atoms with Crippen molar-refractivity contribution < 1.29 is 9.90 Å². The van der Waals surface area contributed by atoms with Gasteiger partial charge in [0.15, 0.2) is 0 Å². The molecule has 3 nitrogen and oxygen atoms in total. The largest absolute Gasteiger partial charge is 0.507 e. The van der Waals surface area contributed by atoms with E-state index in [2.05, 4.69) is 5.32 Å². The highest BCUT2D eigenvalue weighted by atomic mass is 35.5. The number of carbonyl (C=O) groups is 1. The summed E-state index contributed by atoms with van der Waals surface area (Å²) in [6, 6.07) is 4.73. The number of phenols is 1. The number of rotatable bonds is 2. The first-order valence-corrected chi connectivity index (χ1v) is 6.34. The van der Waals surface area contributed by atoms with Gasteiger partial charge in [0.05, 0.1) is 5.56 Å². The van der Waals surface area contributed by atoms with E-state index in [0.29, 0.717) is 5.02 Å². The molecule has 0 spiro atoms. The van der Waals surface area contributed by atoms with Crippen LogP contribution in [0.15, 0.2) is 18.2 Å². The van der Waals surface area contributed by atoms with Gasteiger partial charge in [-0.3, -0.25) is 4.79 Å². The number of halogens is 1. The molecule has 1 saturated carbocycles. The van der Waals surface area contributed by atoms with Gasteiger partial charge in [-0.2, -0.15) is 0 Å². The Balaban J connectivity index is 2.05. The van der Waals surface area contributed by atoms with Gasteiger partial charge < -0.3 is 10.4 Å². The number of amides is 1. The average Bonchev–Trinajstić information content (AvgIpc) is 2.33. The molecular formula is C13H16ClNO2. The Hall–Kier alpha value is -1.22. The number of benzene rings is 1. The Bertz CT molecular complexity index is 414. The highest BCUT2D eigenvalue weighted by Crippen LogP contribution is 2.23. The summed E-state index contributed by atoms with van der Waals surface area (Å²) in [5, 5.41) is 13.0. The van der Waals surface area contributed by atoms with Crippen molar-refractivity contribution in [2.45, 2.75) is 38.1 Å². The van der Waals surface area contributed by atoms with Crippen LogP contribution in [0.1, 0.15) is 42.5 Å². The molecule has 0 aromatic heterocycles. The molecule has 1 amide bonds. The lowest BCUT2D eigenvalue weighted by molar-refractivity contribution is 0.0925. The number of phenolic OH excluding ortho intramolecular Hbond substituents is 1. The van der Waals surface area contributed by atoms with Gasteiger partial charge >= 0.3 is 0 Å². The molecule has 0 bridgehead atoms. The van der Waals surface area contributed by atoms with Crippen molar-refractivity contribution in [3.05, 3.63) is 28.8 Å². The molecule has 2 rings (SSSR count). The van der Waals surface area contributed by atoms with E-state index in [9.17, 15) is 9.90 Å². The highest BCUT2D eigenvalue weighted by Gasteiger charge is 2.18. The van der Waals surface area contributed by atoms with Gasteiger partial charge in [0.2, 0.25) is 0 Å². The Morgan fingerprint density at radius 1 is 1.29 bits per heavy atom. The molecule has 1 aromatic carbocycles. The summed E-state index contributed by atoms with van der Waals surface area (Å²) in [6.45, 7) is 0. The van der Waals surface area contributed by atoms with E-state index in [1.807, 2.05) is 0 Å². The summed E-state index contributed by atoms with van der Waals surface area (Å²) in [6.07, 6.45) is 5.61. The summed E-state index contributed by atoms with van der Waals surface area (Å²) >= 11 is 5.81. The lowest BCUT2D eigenvalue weighted by atomic mass is 9.95. The van der Waals surface area contributed by atoms with E-state index >= 15 is 0 Å². The van der Waals surface area contributed by atoms with E-state index in [4.69, 9.17) is 11.6 Å². The van der Waals surface area contributed by atoms with Crippen molar-refractivity contribution in [3.63, 3.8) is 0 Å². The van der Waals surface area contributed by atoms with Gasteiger partial charge in [0.25, 0.3) is 5.91 Å². The van der Waals surface area contributed by atoms with E-state index in [-0.39, 0.29) is 23.3 Å². The maximum Gasteiger partial charge on any atom is 0.255 e. The Morgan fingerprint density at radius 3 is 2.71 bits per heavy atom. The molecule has 0 heterocycles. The van der Waals surface area contributed by atoms with Gasteiger partial charge in [0.1, 0.15) is 5.75 Å². The second-order valence-electron chi connectivity index (χ2n) is 4.47. The standard InChI is InChI=1S/C13H16ClNO2/c14-9-6-7-12(16)11(8-9)13(17)15-10-4-2-1-3-5-10/h6-8,10,16H,1-5H2,(H,15,17). The second kappa shape index (κ2) is 5.41. The van der Waals surface area contributed by atoms with Crippen molar-refractivity contribution >= 4 is 17.5 Å². The van der Waals surface area contributed by atoms with Crippen LogP contribution in [0.5, 0.6) is 5.75 Å². The van der Waals surface area contributed by atoms with E-state index in [1.54, 1.807) is 6.07 Å². The molecule has 2 N–H and O–H groups in total. The van der Waals surface area contributed by atoms with Crippen LogP contribution in [0.3, 0.4) is 0 Å². The van der Waals surface area contributed by atoms with Crippen molar-refractivity contribution in [1.82, 2.24) is 5.32 Å². The first kappa shape index (κ1) is 12.2. The first-order chi connectivity index (χ1) is 8.16. The second-order valence-corrected chi connectivity index (χ2v) is 4.91. The van der Waals surface area contributed by atoms with Crippen molar-refractivity contribution in [1.29, 1.82) is 0 Å². The van der Waals surface area contributed by atoms with Crippen molar-refractivity contribution in [2.24, 2.45) is 0 Å². The normalized spacial score (nSPS) is 16.8. The van der Waals surface area contributed by atoms with Crippen LogP contribution in [0, 0.1) is 0 Å². The fourth-order valence-corrected chi connectivity index (χ4v) is 2.37. The number of hydrogen-bond acceptors (Lipinski definition) is 2. The summed E-state index contributed by atoms with van der Waals surface area (Å²) in [5.74, 6) is -0.264. The molecule has 0 aliphatic heterocycles. The minimum absolute atomic E-state index is 0.0253. The van der Waals surface area contributed by atoms with Crippen LogP contribution < -0.4 is 5.32 Å². The molecule has 1 fully saturated rings. The molecule has 1 aromatic rings. The molecule has 0 saturated heterocycles. The quantitative estimate of drug-likeness (QED) is 0.851. The first-order valence-electron chi connectivity index (χ1n) is 5.96. The van der Waals surface area contributed by atoms with Gasteiger partial charge in [-0.15, -0.1) is 0 Å². The zero-order valence-electron chi connectivity index (χ0n) is 9.58. The van der Waals surface area contributed by atoms with Crippen LogP contribution in [0.2, 0.25) is 5.02 Å². The fraction of sp³-hybridized carbons (Fsp3) is 0.462. The molecule has 92 valence electrons. The SMILES string of the molecule is O=C(NC1CCCCC1)c1cc(Cl)ccc1O. The Morgan fingerprint density at radius 2 is 2.00 bits per heavy atom. The molecule has 0 unspecified atom stereocenters. The van der Waals surface area contributed by atoms with Crippen LogP contribution in [0.25, 0.3) is 0 Å². The van der Waals surface area contributed by atoms with Crippen LogP contribution in [-0.2, 0) is 0 Å². The zero-order valence-corrected chi connectivity index (χ0v) is 10.3. The number of carbonyl (C=O) groups excluding carboxylic acids is 1. The number of aromatic hydroxyl groups is 1. The van der Waals surface area contributed by atoms with Crippen molar-refractivity contribution in [2.75, 3.05) is 0 Å². The lowest BCUT2D eigenvalue weighted by Gasteiger charge is -2.22. The Kier molecular flexibility index (Phi) is 3.89. The minimum Gasteiger partial charge on any atom is -0.507 e. The molecule has 4 heteroatoms. The van der Waals surface area contributed by atoms with Crippen LogP contribution in [0.4, 0.5) is 0 Å². The summed E-state index contributed by atoms with van der Waals surface area (Å²) in [5.41, 5.74) is 0.253. The highest BCUT2D eigenvalue weighted by molar-refractivity contribution is 6.31. The molecule has 17 heavy (non-hydrogen) atoms. The Labute approximate surface area is 106 Å². The minimum atomic E-state index is -0.239. The maximum absolute atomic E-state index is 12.0. The number of nitrogens with one attached hydrogen (secondary N) is 1. The number of hydrogen-bond donors (Lipinski definition) is 2. The molecule has 0 atom stereocenters. The predicted molar refractivity (Wildman–Crippen MR) is 67.5 cm³/mol. The van der Waals surface area contributed by atoms with Gasteiger partial charge in [-0.05, 0) is 31.0 Å². The topological polar surface area (TPSA) is 49.3 Å². The van der Waals surface area contributed by atoms with E-state index in [1.165, 1.54) is 18.6 Å². The van der Waals surface area contributed by atoms with E-state index in [0.717, 1.165) is 25.7 Å². The summed E-state index contributed by atoms with van der Waals surface area (Å²) in [7, 11) is 0. The third-order valence-corrected chi connectivity index (χ3v) is 3.38. The zero-order chi connectivity index (χ0) is 12.3. The van der Waals surface area contributed by atoms with Crippen LogP contribution >= 0.6 is 11.6 Å². The van der Waals surface area contributed by atoms with Gasteiger partial charge in [0, 0.05) is 11.1 Å². The van der Waals surface area contributed by atoms with E-state index < -0.39 is 0 Å². The van der Waals surface area contributed by atoms with Crippen molar-refractivity contribution in [3.8, 4) is 5.75 Å². The maximum atomic E-state index is 12.0. The average molecular weight is 254 g/mol. The fourth-order valence-electron chi connectivity index (χ4n) is 2.20. The lowest BCUT2D eigenvalue weighted by Crippen LogP contribution is -2.36. The smallest absolute Gasteiger partial charge is 0.255 e. The third-order valence-electron chi connectivity index (χ3n) is 3.14. The summed E-state index contributed by atoms with van der Waals surface area (Å²) in [4.78, 5) is 12.0. The van der Waals surface area contributed by atoms with Crippen LogP contribution in [-0.4, -0.2) is 17.1 Å². The van der Waals surface area contributed by atoms with Gasteiger partial charge in [-0.1, -0.05) is 30.9 Å². The van der Waals surface area contributed by atoms with Gasteiger partial charge in [-0.25, -0.2) is 0 Å². The summed E-state index contributed by atoms with van der Waals surface area (Å²) < 4.78 is 0. The molecular weight excluding hydrogens is 238 g/mol. The monoisotopic (exact) mass is 253 g/mol. The molecule has 0 radical (unpaired) electrons. The predicted octanol–water partition coefficient (Wildman–Crippen LogP) is 3.11.